The average molecular weight is 388 g/mol. The number of hydrogen-bond donors (Lipinski definition) is 1. The van der Waals surface area contributed by atoms with Crippen molar-refractivity contribution in [3.8, 4) is 5.75 Å². The van der Waals surface area contributed by atoms with E-state index in [0.717, 1.165) is 30.1 Å². The number of rotatable bonds is 7. The molecule has 28 heavy (non-hydrogen) atoms. The van der Waals surface area contributed by atoms with Gasteiger partial charge in [0.15, 0.2) is 5.92 Å². The summed E-state index contributed by atoms with van der Waals surface area (Å²) >= 11 is 0. The van der Waals surface area contributed by atoms with E-state index in [1.807, 2.05) is 0 Å². The summed E-state index contributed by atoms with van der Waals surface area (Å²) in [7, 11) is 1.56. The van der Waals surface area contributed by atoms with Gasteiger partial charge in [-0.05, 0) is 17.7 Å². The predicted octanol–water partition coefficient (Wildman–Crippen LogP) is 0.293. The summed E-state index contributed by atoms with van der Waals surface area (Å²) in [5, 5.41) is 2.23. The monoisotopic (exact) mass is 388 g/mol. The summed E-state index contributed by atoms with van der Waals surface area (Å²) in [5.41, 5.74) is 0.752. The van der Waals surface area contributed by atoms with Gasteiger partial charge in [0.1, 0.15) is 5.75 Å². The van der Waals surface area contributed by atoms with Crippen LogP contribution < -0.4 is 10.1 Å². The molecule has 0 unspecified atom stereocenters. The van der Waals surface area contributed by atoms with Crippen molar-refractivity contribution in [1.29, 1.82) is 0 Å². The van der Waals surface area contributed by atoms with Gasteiger partial charge in [-0.2, -0.15) is 0 Å². The Bertz CT molecular complexity index is 743. The number of hydrogen-bond acceptors (Lipinski definition) is 7. The molecule has 1 aromatic rings. The molecule has 9 heteroatoms. The number of imide groups is 2. The minimum absolute atomic E-state index is 0.0695. The number of morpholine rings is 1. The molecule has 2 aliphatic rings. The maximum atomic E-state index is 12.7. The smallest absolute Gasteiger partial charge is 0.331 e. The second-order valence-corrected chi connectivity index (χ2v) is 6.55. The Hall–Kier alpha value is -2.78. The van der Waals surface area contributed by atoms with Gasteiger partial charge in [0.05, 0.1) is 33.4 Å². The zero-order chi connectivity index (χ0) is 19.9. The van der Waals surface area contributed by atoms with Gasteiger partial charge in [-0.1, -0.05) is 12.1 Å². The lowest BCUT2D eigenvalue weighted by molar-refractivity contribution is -0.139. The molecule has 2 heterocycles. The second kappa shape index (κ2) is 9.43. The van der Waals surface area contributed by atoms with Crippen LogP contribution in [-0.4, -0.2) is 80.4 Å². The third-order valence-corrected chi connectivity index (χ3v) is 4.69. The molecule has 2 aliphatic heterocycles. The molecular formula is C19H24N4O5. The maximum absolute atomic E-state index is 12.7. The normalized spacial score (nSPS) is 21.2. The highest BCUT2D eigenvalue weighted by molar-refractivity contribution is 6.23. The quantitative estimate of drug-likeness (QED) is 0.532. The molecule has 0 spiro atoms. The van der Waals surface area contributed by atoms with Gasteiger partial charge in [-0.15, -0.1) is 0 Å². The Kier molecular flexibility index (Phi) is 6.72. The first kappa shape index (κ1) is 20.0. The van der Waals surface area contributed by atoms with Crippen molar-refractivity contribution in [1.82, 2.24) is 15.1 Å². The number of amides is 4. The van der Waals surface area contributed by atoms with E-state index in [2.05, 4.69) is 15.2 Å². The molecule has 0 saturated carbocycles. The van der Waals surface area contributed by atoms with Gasteiger partial charge in [0.2, 0.25) is 11.8 Å². The number of aliphatic imine (C=N–C) groups is 1. The van der Waals surface area contributed by atoms with Crippen molar-refractivity contribution in [3.05, 3.63) is 29.8 Å². The summed E-state index contributed by atoms with van der Waals surface area (Å²) < 4.78 is 10.4. The van der Waals surface area contributed by atoms with Crippen molar-refractivity contribution in [2.45, 2.75) is 6.54 Å². The van der Waals surface area contributed by atoms with E-state index in [1.54, 1.807) is 31.4 Å². The predicted molar refractivity (Wildman–Crippen MR) is 101 cm³/mol. The van der Waals surface area contributed by atoms with Gasteiger partial charge in [-0.25, -0.2) is 4.79 Å². The molecule has 9 nitrogen and oxygen atoms in total. The number of urea groups is 1. The summed E-state index contributed by atoms with van der Waals surface area (Å²) in [6.45, 7) is 4.39. The van der Waals surface area contributed by atoms with E-state index >= 15 is 0 Å². The van der Waals surface area contributed by atoms with Crippen LogP contribution >= 0.6 is 0 Å². The zero-order valence-corrected chi connectivity index (χ0v) is 15.8. The Morgan fingerprint density at radius 3 is 2.61 bits per heavy atom. The topological polar surface area (TPSA) is 101 Å². The lowest BCUT2D eigenvalue weighted by Crippen LogP contribution is -2.57. The number of methoxy groups -OCH3 is 1. The first-order valence-corrected chi connectivity index (χ1v) is 9.17. The van der Waals surface area contributed by atoms with E-state index in [1.165, 1.54) is 6.21 Å². The van der Waals surface area contributed by atoms with Gasteiger partial charge in [-0.3, -0.25) is 29.7 Å². The first-order valence-electron chi connectivity index (χ1n) is 9.17. The Morgan fingerprint density at radius 2 is 1.93 bits per heavy atom. The highest BCUT2D eigenvalue weighted by atomic mass is 16.5. The molecule has 150 valence electrons. The van der Waals surface area contributed by atoms with Gasteiger partial charge < -0.3 is 9.47 Å². The zero-order valence-electron chi connectivity index (χ0n) is 15.8. The van der Waals surface area contributed by atoms with Gasteiger partial charge in [0.25, 0.3) is 0 Å². The standard InChI is InChI=1S/C19H24N4O5/c1-27-15-4-2-14(3-5-15)13-23-18(25)16(17(24)21-19(23)26)12-20-6-7-22-8-10-28-11-9-22/h2-5,12,16H,6-11,13H2,1H3,(H,21,24,26)/t16-/m1/s1. The molecule has 1 N–H and O–H groups in total. The summed E-state index contributed by atoms with van der Waals surface area (Å²) in [6.07, 6.45) is 1.34. The molecule has 1 aromatic carbocycles. The summed E-state index contributed by atoms with van der Waals surface area (Å²) in [4.78, 5) is 44.3. The number of carbonyl (C=O) groups excluding carboxylic acids is 3. The number of nitrogens with zero attached hydrogens (tertiary/aromatic N) is 3. The first-order chi connectivity index (χ1) is 13.6. The van der Waals surface area contributed by atoms with Crippen molar-refractivity contribution in [3.63, 3.8) is 0 Å². The number of barbiturate groups is 1. The lowest BCUT2D eigenvalue weighted by Gasteiger charge is -2.28. The summed E-state index contributed by atoms with van der Waals surface area (Å²) in [5.74, 6) is -1.63. The van der Waals surface area contributed by atoms with Crippen LogP contribution in [0.15, 0.2) is 29.3 Å². The van der Waals surface area contributed by atoms with Crippen LogP contribution in [-0.2, 0) is 20.9 Å². The van der Waals surface area contributed by atoms with Crippen LogP contribution in [0.25, 0.3) is 0 Å². The largest absolute Gasteiger partial charge is 0.497 e. The SMILES string of the molecule is COc1ccc(CN2C(=O)NC(=O)[C@@H](C=NCCN3CCOCC3)C2=O)cc1. The molecule has 3 rings (SSSR count). The third kappa shape index (κ3) is 4.93. The van der Waals surface area contributed by atoms with Crippen LogP contribution in [0.4, 0.5) is 4.79 Å². The van der Waals surface area contributed by atoms with Crippen LogP contribution in [0.1, 0.15) is 5.56 Å². The fourth-order valence-corrected chi connectivity index (χ4v) is 3.03. The number of carbonyl (C=O) groups is 3. The van der Waals surface area contributed by atoms with Crippen LogP contribution in [0.3, 0.4) is 0 Å². The maximum Gasteiger partial charge on any atom is 0.331 e. The van der Waals surface area contributed by atoms with E-state index in [-0.39, 0.29) is 6.54 Å². The molecular weight excluding hydrogens is 364 g/mol. The van der Waals surface area contributed by atoms with E-state index in [9.17, 15) is 14.4 Å². The molecule has 2 saturated heterocycles. The Morgan fingerprint density at radius 1 is 1.21 bits per heavy atom. The molecule has 0 aliphatic carbocycles. The molecule has 1 atom stereocenters. The van der Waals surface area contributed by atoms with Crippen molar-refractivity contribution < 1.29 is 23.9 Å². The molecule has 4 amide bonds. The summed E-state index contributed by atoms with van der Waals surface area (Å²) in [6, 6.07) is 6.31. The number of benzene rings is 1. The minimum Gasteiger partial charge on any atom is -0.497 e. The number of nitrogens with one attached hydrogen (secondary N) is 1. The highest BCUT2D eigenvalue weighted by Crippen LogP contribution is 2.16. The molecule has 2 fully saturated rings. The van der Waals surface area contributed by atoms with Gasteiger partial charge >= 0.3 is 6.03 Å². The van der Waals surface area contributed by atoms with Crippen LogP contribution in [0, 0.1) is 5.92 Å². The highest BCUT2D eigenvalue weighted by Gasteiger charge is 2.39. The average Bonchev–Trinajstić information content (AvgIpc) is 2.71. The van der Waals surface area contributed by atoms with Crippen LogP contribution in [0.5, 0.6) is 5.75 Å². The molecule has 0 bridgehead atoms. The number of ether oxygens (including phenoxy) is 2. The Labute approximate surface area is 163 Å². The van der Waals surface area contributed by atoms with Crippen molar-refractivity contribution in [2.75, 3.05) is 46.5 Å². The van der Waals surface area contributed by atoms with Crippen LogP contribution in [0.2, 0.25) is 0 Å². The minimum atomic E-state index is -1.10. The van der Waals surface area contributed by atoms with Gasteiger partial charge in [0, 0.05) is 25.8 Å². The Balaban J connectivity index is 1.59. The van der Waals surface area contributed by atoms with E-state index in [0.29, 0.717) is 25.5 Å². The fraction of sp³-hybridized carbons (Fsp3) is 0.474. The second-order valence-electron chi connectivity index (χ2n) is 6.55. The van der Waals surface area contributed by atoms with Crippen molar-refractivity contribution in [2.24, 2.45) is 10.9 Å². The fourth-order valence-electron chi connectivity index (χ4n) is 3.03. The van der Waals surface area contributed by atoms with E-state index < -0.39 is 23.8 Å². The molecule has 0 aromatic heterocycles. The lowest BCUT2D eigenvalue weighted by atomic mass is 10.1. The third-order valence-electron chi connectivity index (χ3n) is 4.69. The van der Waals surface area contributed by atoms with E-state index in [4.69, 9.17) is 9.47 Å². The molecule has 0 radical (unpaired) electrons. The van der Waals surface area contributed by atoms with Crippen molar-refractivity contribution >= 4 is 24.1 Å².